The van der Waals surface area contributed by atoms with Gasteiger partial charge in [-0.3, -0.25) is 0 Å². The lowest BCUT2D eigenvalue weighted by atomic mass is 10.1. The summed E-state index contributed by atoms with van der Waals surface area (Å²) in [7, 11) is 0. The van der Waals surface area contributed by atoms with Gasteiger partial charge in [-0.25, -0.2) is 0 Å². The molecule has 0 unspecified atom stereocenters. The largest absolute Gasteiger partial charge is 0.0617 e. The maximum absolute atomic E-state index is 2.22. The van der Waals surface area contributed by atoms with E-state index >= 15 is 0 Å². The maximum atomic E-state index is 2.22. The molecular formula is C18H24. The molecule has 0 bridgehead atoms. The molecule has 0 saturated carbocycles. The first-order valence-electron chi connectivity index (χ1n) is 6.61. The first-order valence-corrected chi connectivity index (χ1v) is 6.61. The van der Waals surface area contributed by atoms with Gasteiger partial charge in [0, 0.05) is 0 Å². The summed E-state index contributed by atoms with van der Waals surface area (Å²) in [5.74, 6) is 0. The lowest BCUT2D eigenvalue weighted by molar-refractivity contribution is 1.13. The van der Waals surface area contributed by atoms with Gasteiger partial charge in [0.05, 0.1) is 0 Å². The van der Waals surface area contributed by atoms with Gasteiger partial charge in [0.25, 0.3) is 0 Å². The molecule has 0 spiro atoms. The fourth-order valence-corrected chi connectivity index (χ4v) is 2.13. The molecule has 18 heavy (non-hydrogen) atoms. The van der Waals surface area contributed by atoms with Gasteiger partial charge in [-0.1, -0.05) is 71.6 Å². The number of aryl methyl sites for hydroxylation is 5. The van der Waals surface area contributed by atoms with Crippen molar-refractivity contribution in [3.8, 4) is 0 Å². The van der Waals surface area contributed by atoms with Crippen molar-refractivity contribution in [3.05, 3.63) is 70.3 Å². The van der Waals surface area contributed by atoms with Crippen LogP contribution in [0.3, 0.4) is 0 Å². The lowest BCUT2D eigenvalue weighted by Crippen LogP contribution is -1.78. The number of rotatable bonds is 1. The summed E-state index contributed by atoms with van der Waals surface area (Å²) in [5.41, 5.74) is 6.84. The van der Waals surface area contributed by atoms with Crippen LogP contribution in [0.2, 0.25) is 0 Å². The first-order chi connectivity index (χ1) is 8.51. The van der Waals surface area contributed by atoms with E-state index in [2.05, 4.69) is 77.1 Å². The van der Waals surface area contributed by atoms with Crippen molar-refractivity contribution in [2.45, 2.75) is 41.0 Å². The van der Waals surface area contributed by atoms with E-state index < -0.39 is 0 Å². The highest BCUT2D eigenvalue weighted by Crippen LogP contribution is 2.06. The Morgan fingerprint density at radius 2 is 1.17 bits per heavy atom. The Kier molecular flexibility index (Phi) is 5.64. The Bertz CT molecular complexity index is 445. The Labute approximate surface area is 112 Å². The minimum Gasteiger partial charge on any atom is -0.0617 e. The molecular weight excluding hydrogens is 216 g/mol. The quantitative estimate of drug-likeness (QED) is 0.645. The van der Waals surface area contributed by atoms with Gasteiger partial charge in [-0.2, -0.15) is 0 Å². The van der Waals surface area contributed by atoms with Crippen molar-refractivity contribution in [2.75, 3.05) is 0 Å². The van der Waals surface area contributed by atoms with Crippen LogP contribution in [-0.4, -0.2) is 0 Å². The van der Waals surface area contributed by atoms with Gasteiger partial charge in [0.1, 0.15) is 0 Å². The fourth-order valence-electron chi connectivity index (χ4n) is 2.13. The Morgan fingerprint density at radius 1 is 0.667 bits per heavy atom. The van der Waals surface area contributed by atoms with E-state index in [1.807, 2.05) is 0 Å². The van der Waals surface area contributed by atoms with Gasteiger partial charge >= 0.3 is 0 Å². The first kappa shape index (κ1) is 14.5. The summed E-state index contributed by atoms with van der Waals surface area (Å²) >= 11 is 0. The molecule has 0 aliphatic heterocycles. The molecule has 2 aromatic carbocycles. The van der Waals surface area contributed by atoms with E-state index in [-0.39, 0.29) is 0 Å². The zero-order chi connectivity index (χ0) is 13.5. The molecule has 2 rings (SSSR count). The fraction of sp³-hybridized carbons (Fsp3) is 0.333. The van der Waals surface area contributed by atoms with Gasteiger partial charge in [0.2, 0.25) is 0 Å². The van der Waals surface area contributed by atoms with E-state index in [0.717, 1.165) is 6.42 Å². The zero-order valence-corrected chi connectivity index (χ0v) is 12.2. The Morgan fingerprint density at radius 3 is 1.50 bits per heavy atom. The summed E-state index contributed by atoms with van der Waals surface area (Å²) in [6.07, 6.45) is 1.14. The van der Waals surface area contributed by atoms with Crippen LogP contribution in [0.25, 0.3) is 0 Å². The molecule has 0 aromatic heterocycles. The van der Waals surface area contributed by atoms with Crippen molar-refractivity contribution in [1.82, 2.24) is 0 Å². The maximum Gasteiger partial charge on any atom is -0.0307 e. The topological polar surface area (TPSA) is 0 Å². The third kappa shape index (κ3) is 5.18. The van der Waals surface area contributed by atoms with Crippen molar-refractivity contribution in [1.29, 1.82) is 0 Å². The van der Waals surface area contributed by atoms with Crippen LogP contribution in [0.1, 0.15) is 34.7 Å². The van der Waals surface area contributed by atoms with Crippen LogP contribution in [0.15, 0.2) is 42.5 Å². The van der Waals surface area contributed by atoms with Crippen LogP contribution in [0.4, 0.5) is 0 Å². The Hall–Kier alpha value is -1.56. The smallest absolute Gasteiger partial charge is 0.0307 e. The average molecular weight is 240 g/mol. The van der Waals surface area contributed by atoms with E-state index in [9.17, 15) is 0 Å². The molecule has 0 saturated heterocycles. The van der Waals surface area contributed by atoms with Crippen LogP contribution >= 0.6 is 0 Å². The molecule has 0 aliphatic carbocycles. The van der Waals surface area contributed by atoms with Crippen LogP contribution in [-0.2, 0) is 6.42 Å². The standard InChI is InChI=1S/2C9H12/c1-7-4-8(2)6-9(3)5-7;1-3-9-6-4-5-8(2)7-9/h4-6H,1-3H3;4-7H,3H2,1-2H3. The Balaban J connectivity index is 0.000000180. The second-order valence-electron chi connectivity index (χ2n) is 5.01. The summed E-state index contributed by atoms with van der Waals surface area (Å²) in [5, 5.41) is 0. The molecule has 2 aromatic rings. The highest BCUT2D eigenvalue weighted by Gasteiger charge is 1.87. The summed E-state index contributed by atoms with van der Waals surface area (Å²) in [6, 6.07) is 15.2. The number of hydrogen-bond donors (Lipinski definition) is 0. The normalized spacial score (nSPS) is 9.61. The van der Waals surface area contributed by atoms with Gasteiger partial charge in [-0.05, 0) is 39.7 Å². The second-order valence-corrected chi connectivity index (χ2v) is 5.01. The third-order valence-corrected chi connectivity index (χ3v) is 2.86. The monoisotopic (exact) mass is 240 g/mol. The van der Waals surface area contributed by atoms with Crippen molar-refractivity contribution < 1.29 is 0 Å². The van der Waals surface area contributed by atoms with Crippen molar-refractivity contribution in [3.63, 3.8) is 0 Å². The van der Waals surface area contributed by atoms with E-state index in [1.54, 1.807) is 0 Å². The van der Waals surface area contributed by atoms with Gasteiger partial charge in [-0.15, -0.1) is 0 Å². The van der Waals surface area contributed by atoms with Crippen molar-refractivity contribution in [2.24, 2.45) is 0 Å². The summed E-state index contributed by atoms with van der Waals surface area (Å²) in [6.45, 7) is 10.7. The van der Waals surface area contributed by atoms with Crippen molar-refractivity contribution >= 4 is 0 Å². The van der Waals surface area contributed by atoms with Gasteiger partial charge < -0.3 is 0 Å². The molecule has 0 nitrogen and oxygen atoms in total. The van der Waals surface area contributed by atoms with Crippen LogP contribution in [0, 0.1) is 27.7 Å². The highest BCUT2D eigenvalue weighted by molar-refractivity contribution is 5.27. The van der Waals surface area contributed by atoms with E-state index in [4.69, 9.17) is 0 Å². The molecule has 0 N–H and O–H groups in total. The lowest BCUT2D eigenvalue weighted by Gasteiger charge is -1.96. The second kappa shape index (κ2) is 7.00. The summed E-state index contributed by atoms with van der Waals surface area (Å²) in [4.78, 5) is 0. The molecule has 0 aliphatic rings. The predicted molar refractivity (Wildman–Crippen MR) is 81.2 cm³/mol. The highest BCUT2D eigenvalue weighted by atomic mass is 13.9. The van der Waals surface area contributed by atoms with Gasteiger partial charge in [0.15, 0.2) is 0 Å². The molecule has 0 heterocycles. The molecule has 0 radical (unpaired) electrons. The molecule has 0 atom stereocenters. The average Bonchev–Trinajstić information content (AvgIpc) is 2.27. The minimum atomic E-state index is 1.14. The minimum absolute atomic E-state index is 1.14. The number of hydrogen-bond acceptors (Lipinski definition) is 0. The summed E-state index contributed by atoms with van der Waals surface area (Å²) < 4.78 is 0. The molecule has 96 valence electrons. The van der Waals surface area contributed by atoms with Crippen LogP contribution in [0.5, 0.6) is 0 Å². The SMILES string of the molecule is CCc1cccc(C)c1.Cc1cc(C)cc(C)c1. The van der Waals surface area contributed by atoms with Crippen LogP contribution < -0.4 is 0 Å². The molecule has 0 heteroatoms. The molecule has 0 fully saturated rings. The number of benzene rings is 2. The third-order valence-electron chi connectivity index (χ3n) is 2.86. The van der Waals surface area contributed by atoms with E-state index in [1.165, 1.54) is 27.8 Å². The predicted octanol–water partition coefficient (Wildman–Crippen LogP) is 5.17. The van der Waals surface area contributed by atoms with E-state index in [0.29, 0.717) is 0 Å². The zero-order valence-electron chi connectivity index (χ0n) is 12.2. The molecule has 0 amide bonds.